The van der Waals surface area contributed by atoms with Crippen molar-refractivity contribution in [2.45, 2.75) is 18.8 Å². The third-order valence-electron chi connectivity index (χ3n) is 4.28. The third kappa shape index (κ3) is 4.97. The molecule has 134 valence electrons. The molecule has 2 aromatic rings. The number of nitrogens with one attached hydrogen (secondary N) is 1. The second kappa shape index (κ2) is 8.88. The molecule has 1 heterocycles. The van der Waals surface area contributed by atoms with Gasteiger partial charge in [0, 0.05) is 24.6 Å². The second-order valence-corrected chi connectivity index (χ2v) is 6.47. The molecule has 1 atom stereocenters. The van der Waals surface area contributed by atoms with Crippen LogP contribution >= 0.6 is 12.4 Å². The van der Waals surface area contributed by atoms with Gasteiger partial charge in [-0.2, -0.15) is 0 Å². The second-order valence-electron chi connectivity index (χ2n) is 6.47. The minimum atomic E-state index is 0. The van der Waals surface area contributed by atoms with Crippen molar-refractivity contribution in [3.8, 4) is 5.75 Å². The maximum absolute atomic E-state index is 12.0. The van der Waals surface area contributed by atoms with Gasteiger partial charge in [0.25, 0.3) is 0 Å². The highest BCUT2D eigenvalue weighted by molar-refractivity contribution is 5.95. The van der Waals surface area contributed by atoms with Gasteiger partial charge in [0.05, 0.1) is 6.61 Å². The number of carbonyl (C=O) groups is 1. The first-order valence-corrected chi connectivity index (χ1v) is 8.40. The molecule has 0 saturated carbocycles. The smallest absolute Gasteiger partial charge is 0.225 e. The van der Waals surface area contributed by atoms with Gasteiger partial charge < -0.3 is 15.0 Å². The van der Waals surface area contributed by atoms with Crippen molar-refractivity contribution in [3.63, 3.8) is 0 Å². The highest BCUT2D eigenvalue weighted by Crippen LogP contribution is 2.38. The van der Waals surface area contributed by atoms with E-state index in [0.717, 1.165) is 30.0 Å². The predicted octanol–water partition coefficient (Wildman–Crippen LogP) is 3.91. The molecule has 1 aliphatic heterocycles. The van der Waals surface area contributed by atoms with Crippen LogP contribution in [0.25, 0.3) is 0 Å². The maximum Gasteiger partial charge on any atom is 0.225 e. The number of benzene rings is 2. The number of fused-ring (bicyclic) bond motifs is 1. The Morgan fingerprint density at radius 3 is 2.64 bits per heavy atom. The topological polar surface area (TPSA) is 41.6 Å². The lowest BCUT2D eigenvalue weighted by atomic mass is 9.85. The summed E-state index contributed by atoms with van der Waals surface area (Å²) in [5.74, 6) is 1.01. The lowest BCUT2D eigenvalue weighted by Crippen LogP contribution is -2.23. The van der Waals surface area contributed by atoms with Crippen LogP contribution in [0.4, 0.5) is 5.69 Å². The summed E-state index contributed by atoms with van der Waals surface area (Å²) < 4.78 is 5.89. The van der Waals surface area contributed by atoms with E-state index in [1.807, 2.05) is 30.3 Å². The van der Waals surface area contributed by atoms with Crippen molar-refractivity contribution in [1.29, 1.82) is 0 Å². The first-order valence-electron chi connectivity index (χ1n) is 8.40. The Balaban J connectivity index is 0.00000225. The molecule has 3 rings (SSSR count). The quantitative estimate of drug-likeness (QED) is 0.794. The summed E-state index contributed by atoms with van der Waals surface area (Å²) >= 11 is 0. The van der Waals surface area contributed by atoms with Gasteiger partial charge in [-0.15, -0.1) is 12.4 Å². The Morgan fingerprint density at radius 1 is 1.16 bits per heavy atom. The molecule has 0 saturated heterocycles. The van der Waals surface area contributed by atoms with Crippen LogP contribution in [-0.4, -0.2) is 38.1 Å². The highest BCUT2D eigenvalue weighted by atomic mass is 35.5. The fourth-order valence-corrected chi connectivity index (χ4v) is 3.08. The molecule has 5 heteroatoms. The fraction of sp³-hybridized carbons (Fsp3) is 0.350. The molecule has 1 N–H and O–H groups in total. The maximum atomic E-state index is 12.0. The number of hydrogen-bond acceptors (Lipinski definition) is 3. The van der Waals surface area contributed by atoms with E-state index in [4.69, 9.17) is 4.74 Å². The Morgan fingerprint density at radius 2 is 1.92 bits per heavy atom. The summed E-state index contributed by atoms with van der Waals surface area (Å²) in [5, 5.41) is 2.97. The number of nitrogens with zero attached hydrogens (tertiary/aromatic N) is 1. The normalized spacial score (nSPS) is 16.0. The predicted molar refractivity (Wildman–Crippen MR) is 104 cm³/mol. The van der Waals surface area contributed by atoms with Crippen LogP contribution in [0.2, 0.25) is 0 Å². The minimum absolute atomic E-state index is 0. The number of carbonyl (C=O) groups excluding carboxylic acids is 1. The summed E-state index contributed by atoms with van der Waals surface area (Å²) in [6.45, 7) is 1.70. The summed E-state index contributed by atoms with van der Waals surface area (Å²) in [5.41, 5.74) is 3.19. The zero-order valence-electron chi connectivity index (χ0n) is 14.7. The molecule has 0 fully saturated rings. The summed E-state index contributed by atoms with van der Waals surface area (Å²) in [6, 6.07) is 16.1. The molecule has 2 aromatic carbocycles. The van der Waals surface area contributed by atoms with Gasteiger partial charge in [0.2, 0.25) is 5.91 Å². The molecule has 1 aliphatic rings. The van der Waals surface area contributed by atoms with Crippen LogP contribution in [0.3, 0.4) is 0 Å². The lowest BCUT2D eigenvalue weighted by molar-refractivity contribution is -0.116. The Kier molecular flexibility index (Phi) is 6.85. The summed E-state index contributed by atoms with van der Waals surface area (Å²) in [6.07, 6.45) is 1.46. The average molecular weight is 361 g/mol. The van der Waals surface area contributed by atoms with Crippen molar-refractivity contribution in [2.24, 2.45) is 0 Å². The van der Waals surface area contributed by atoms with E-state index in [2.05, 4.69) is 42.5 Å². The number of halogens is 1. The standard InChI is InChI=1S/C20H24N2O2.ClH/c1-22(2)11-6-12-24-16-9-10-19-18(13-16)17(14-20(23)21-19)15-7-4-3-5-8-15;/h3-5,7-10,13,17H,6,11-12,14H2,1-2H3,(H,21,23);1H. The number of rotatable bonds is 6. The van der Waals surface area contributed by atoms with Crippen LogP contribution in [0.5, 0.6) is 5.75 Å². The van der Waals surface area contributed by atoms with E-state index < -0.39 is 0 Å². The molecule has 1 amide bonds. The zero-order valence-corrected chi connectivity index (χ0v) is 15.5. The van der Waals surface area contributed by atoms with Crippen LogP contribution in [-0.2, 0) is 4.79 Å². The van der Waals surface area contributed by atoms with E-state index in [0.29, 0.717) is 13.0 Å². The Labute approximate surface area is 155 Å². The number of amides is 1. The molecule has 0 spiro atoms. The molecule has 0 aliphatic carbocycles. The minimum Gasteiger partial charge on any atom is -0.494 e. The molecular weight excluding hydrogens is 336 g/mol. The van der Waals surface area contributed by atoms with E-state index >= 15 is 0 Å². The van der Waals surface area contributed by atoms with E-state index in [-0.39, 0.29) is 24.2 Å². The van der Waals surface area contributed by atoms with Crippen molar-refractivity contribution in [1.82, 2.24) is 4.90 Å². The fourth-order valence-electron chi connectivity index (χ4n) is 3.08. The van der Waals surface area contributed by atoms with E-state index in [1.165, 1.54) is 5.56 Å². The number of hydrogen-bond donors (Lipinski definition) is 1. The van der Waals surface area contributed by atoms with Crippen molar-refractivity contribution < 1.29 is 9.53 Å². The third-order valence-corrected chi connectivity index (χ3v) is 4.28. The SMILES string of the molecule is CN(C)CCCOc1ccc2c(c1)C(c1ccccc1)CC(=O)N2.Cl. The Hall–Kier alpha value is -2.04. The van der Waals surface area contributed by atoms with Gasteiger partial charge in [0.15, 0.2) is 0 Å². The summed E-state index contributed by atoms with van der Waals surface area (Å²) in [7, 11) is 4.12. The van der Waals surface area contributed by atoms with Gasteiger partial charge in [-0.25, -0.2) is 0 Å². The van der Waals surface area contributed by atoms with Crippen molar-refractivity contribution in [2.75, 3.05) is 32.6 Å². The van der Waals surface area contributed by atoms with Gasteiger partial charge in [-0.05, 0) is 49.8 Å². The monoisotopic (exact) mass is 360 g/mol. The lowest BCUT2D eigenvalue weighted by Gasteiger charge is -2.26. The van der Waals surface area contributed by atoms with Gasteiger partial charge >= 0.3 is 0 Å². The van der Waals surface area contributed by atoms with E-state index in [9.17, 15) is 4.79 Å². The first-order chi connectivity index (χ1) is 11.6. The summed E-state index contributed by atoms with van der Waals surface area (Å²) in [4.78, 5) is 14.2. The Bertz CT molecular complexity index is 704. The molecule has 0 bridgehead atoms. The van der Waals surface area contributed by atoms with Crippen LogP contribution in [0.15, 0.2) is 48.5 Å². The van der Waals surface area contributed by atoms with Crippen LogP contribution in [0.1, 0.15) is 29.9 Å². The first kappa shape index (κ1) is 19.3. The molecule has 25 heavy (non-hydrogen) atoms. The van der Waals surface area contributed by atoms with Crippen molar-refractivity contribution in [3.05, 3.63) is 59.7 Å². The van der Waals surface area contributed by atoms with E-state index in [1.54, 1.807) is 0 Å². The largest absolute Gasteiger partial charge is 0.494 e. The molecular formula is C20H25ClN2O2. The highest BCUT2D eigenvalue weighted by Gasteiger charge is 2.26. The number of anilines is 1. The molecule has 0 aromatic heterocycles. The van der Waals surface area contributed by atoms with Crippen LogP contribution < -0.4 is 10.1 Å². The van der Waals surface area contributed by atoms with Gasteiger partial charge in [-0.1, -0.05) is 30.3 Å². The van der Waals surface area contributed by atoms with Gasteiger partial charge in [-0.3, -0.25) is 4.79 Å². The van der Waals surface area contributed by atoms with Crippen molar-refractivity contribution >= 4 is 24.0 Å². The molecule has 4 nitrogen and oxygen atoms in total. The average Bonchev–Trinajstić information content (AvgIpc) is 2.59. The molecule has 1 unspecified atom stereocenters. The van der Waals surface area contributed by atoms with Crippen LogP contribution in [0, 0.1) is 0 Å². The molecule has 0 radical (unpaired) electrons. The van der Waals surface area contributed by atoms with Gasteiger partial charge in [0.1, 0.15) is 5.75 Å². The zero-order chi connectivity index (χ0) is 16.9. The number of ether oxygens (including phenoxy) is 1.